The SMILES string of the molecule is COc1cc([C@@H]2c3cc4c(cc3[C@@H](NC(=O)c3cc(-c5ccc(F)c(F)c5)on3)[C@H]3COC(=O)[C@H]23)OCO4)cc(OC)c1OC. The summed E-state index contributed by atoms with van der Waals surface area (Å²) in [6.45, 7) is 0.0624. The van der Waals surface area contributed by atoms with E-state index in [9.17, 15) is 18.4 Å². The maximum absolute atomic E-state index is 13.8. The minimum atomic E-state index is -1.06. The van der Waals surface area contributed by atoms with E-state index >= 15 is 0 Å². The summed E-state index contributed by atoms with van der Waals surface area (Å²) in [6, 6.07) is 11.0. The zero-order chi connectivity index (χ0) is 31.4. The van der Waals surface area contributed by atoms with Crippen LogP contribution in [-0.4, -0.2) is 51.8 Å². The average Bonchev–Trinajstić information content (AvgIpc) is 3.81. The third kappa shape index (κ3) is 4.66. The second-order valence-electron chi connectivity index (χ2n) is 10.7. The van der Waals surface area contributed by atoms with Gasteiger partial charge in [0.15, 0.2) is 46.1 Å². The van der Waals surface area contributed by atoms with Crippen LogP contribution in [0.1, 0.15) is 39.1 Å². The van der Waals surface area contributed by atoms with Gasteiger partial charge in [0.25, 0.3) is 5.91 Å². The number of hydrogen-bond donors (Lipinski definition) is 1. The molecule has 0 spiro atoms. The van der Waals surface area contributed by atoms with Gasteiger partial charge in [0.05, 0.1) is 39.9 Å². The van der Waals surface area contributed by atoms with Gasteiger partial charge in [0.2, 0.25) is 12.5 Å². The number of nitrogens with one attached hydrogen (secondary N) is 1. The molecule has 0 unspecified atom stereocenters. The number of cyclic esters (lactones) is 1. The van der Waals surface area contributed by atoms with Gasteiger partial charge in [-0.2, -0.15) is 0 Å². The van der Waals surface area contributed by atoms with E-state index in [0.717, 1.165) is 12.1 Å². The molecule has 4 aromatic rings. The van der Waals surface area contributed by atoms with Crippen molar-refractivity contribution in [2.24, 2.45) is 11.8 Å². The highest BCUT2D eigenvalue weighted by molar-refractivity contribution is 5.93. The normalized spacial score (nSPS) is 21.0. The molecule has 0 saturated carbocycles. The van der Waals surface area contributed by atoms with Gasteiger partial charge in [-0.05, 0) is 59.2 Å². The van der Waals surface area contributed by atoms with Crippen LogP contribution < -0.4 is 29.0 Å². The maximum atomic E-state index is 13.8. The molecule has 45 heavy (non-hydrogen) atoms. The van der Waals surface area contributed by atoms with Crippen molar-refractivity contribution in [3.63, 3.8) is 0 Å². The summed E-state index contributed by atoms with van der Waals surface area (Å²) in [4.78, 5) is 27.0. The van der Waals surface area contributed by atoms with Gasteiger partial charge in [0, 0.05) is 23.5 Å². The molecule has 232 valence electrons. The molecule has 13 heteroatoms. The second kappa shape index (κ2) is 11.0. The fourth-order valence-corrected chi connectivity index (χ4v) is 6.41. The number of esters is 1. The summed E-state index contributed by atoms with van der Waals surface area (Å²) < 4.78 is 66.2. The molecule has 1 saturated heterocycles. The fourth-order valence-electron chi connectivity index (χ4n) is 6.41. The lowest BCUT2D eigenvalue weighted by Crippen LogP contribution is -2.43. The van der Waals surface area contributed by atoms with Crippen molar-refractivity contribution in [2.75, 3.05) is 34.7 Å². The zero-order valence-corrected chi connectivity index (χ0v) is 24.2. The van der Waals surface area contributed by atoms with Crippen LogP contribution in [0.15, 0.2) is 53.1 Å². The number of fused-ring (bicyclic) bond motifs is 3. The highest BCUT2D eigenvalue weighted by atomic mass is 19.2. The van der Waals surface area contributed by atoms with E-state index in [4.69, 9.17) is 32.9 Å². The maximum Gasteiger partial charge on any atom is 0.310 e. The van der Waals surface area contributed by atoms with Crippen LogP contribution in [0.5, 0.6) is 28.7 Å². The Kier molecular flexibility index (Phi) is 6.94. The van der Waals surface area contributed by atoms with Crippen molar-refractivity contribution in [3.05, 3.63) is 82.5 Å². The number of rotatable bonds is 7. The molecule has 1 amide bonds. The number of amides is 1. The van der Waals surface area contributed by atoms with Crippen LogP contribution in [0.2, 0.25) is 0 Å². The molecule has 3 aromatic carbocycles. The number of methoxy groups -OCH3 is 3. The van der Waals surface area contributed by atoms with Gasteiger partial charge in [-0.25, -0.2) is 8.78 Å². The van der Waals surface area contributed by atoms with Gasteiger partial charge in [-0.15, -0.1) is 0 Å². The van der Waals surface area contributed by atoms with Gasteiger partial charge in [-0.1, -0.05) is 5.16 Å². The topological polar surface area (TPSA) is 128 Å². The summed E-state index contributed by atoms with van der Waals surface area (Å²) >= 11 is 0. The van der Waals surface area contributed by atoms with Crippen LogP contribution in [0.3, 0.4) is 0 Å². The van der Waals surface area contributed by atoms with Crippen LogP contribution in [0, 0.1) is 23.5 Å². The van der Waals surface area contributed by atoms with E-state index in [1.54, 1.807) is 18.2 Å². The molecule has 7 rings (SSSR count). The van der Waals surface area contributed by atoms with Crippen LogP contribution in [0.25, 0.3) is 11.3 Å². The molecule has 0 radical (unpaired) electrons. The first-order valence-corrected chi connectivity index (χ1v) is 13.9. The van der Waals surface area contributed by atoms with Crippen molar-refractivity contribution >= 4 is 11.9 Å². The Balaban J connectivity index is 1.31. The third-order valence-electron chi connectivity index (χ3n) is 8.47. The van der Waals surface area contributed by atoms with Gasteiger partial charge in [0.1, 0.15) is 0 Å². The number of halogens is 2. The van der Waals surface area contributed by atoms with Crippen LogP contribution >= 0.6 is 0 Å². The molecule has 2 aliphatic heterocycles. The van der Waals surface area contributed by atoms with Crippen molar-refractivity contribution in [2.45, 2.75) is 12.0 Å². The summed E-state index contributed by atoms with van der Waals surface area (Å²) in [5.41, 5.74) is 2.22. The molecule has 4 atom stereocenters. The molecule has 1 aromatic heterocycles. The van der Waals surface area contributed by atoms with Gasteiger partial charge >= 0.3 is 5.97 Å². The summed E-state index contributed by atoms with van der Waals surface area (Å²) in [6.07, 6.45) is 0. The Labute approximate surface area is 254 Å². The fraction of sp³-hybridized carbons (Fsp3) is 0.281. The molecule has 11 nitrogen and oxygen atoms in total. The molecule has 1 aliphatic carbocycles. The Morgan fingerprint density at radius 1 is 0.889 bits per heavy atom. The quantitative estimate of drug-likeness (QED) is 0.289. The number of benzene rings is 3. The largest absolute Gasteiger partial charge is 0.493 e. The zero-order valence-electron chi connectivity index (χ0n) is 24.2. The van der Waals surface area contributed by atoms with Crippen molar-refractivity contribution in [3.8, 4) is 40.1 Å². The molecular formula is C32H26F2N2O9. The van der Waals surface area contributed by atoms with E-state index in [1.807, 2.05) is 6.07 Å². The smallest absolute Gasteiger partial charge is 0.310 e. The minimum Gasteiger partial charge on any atom is -0.493 e. The molecule has 3 aliphatic rings. The predicted molar refractivity (Wildman–Crippen MR) is 151 cm³/mol. The number of ether oxygens (including phenoxy) is 6. The van der Waals surface area contributed by atoms with Gasteiger partial charge in [-0.3, -0.25) is 9.59 Å². The summed E-state index contributed by atoms with van der Waals surface area (Å²) in [5.74, 6) is -2.56. The predicted octanol–water partition coefficient (Wildman–Crippen LogP) is 4.78. The molecule has 3 heterocycles. The van der Waals surface area contributed by atoms with Crippen LogP contribution in [-0.2, 0) is 9.53 Å². The number of aromatic nitrogens is 1. The van der Waals surface area contributed by atoms with Crippen molar-refractivity contribution < 1.29 is 51.3 Å². The third-order valence-corrected chi connectivity index (χ3v) is 8.47. The lowest BCUT2D eigenvalue weighted by molar-refractivity contribution is -0.141. The Bertz CT molecular complexity index is 1820. The number of carbonyl (C=O) groups excluding carboxylic acids is 2. The number of nitrogens with zero attached hydrogens (tertiary/aromatic N) is 1. The first-order chi connectivity index (χ1) is 21.8. The Morgan fingerprint density at radius 2 is 1.60 bits per heavy atom. The Hall–Kier alpha value is -5.33. The lowest BCUT2D eigenvalue weighted by atomic mass is 9.65. The van der Waals surface area contributed by atoms with E-state index in [-0.39, 0.29) is 30.4 Å². The summed E-state index contributed by atoms with van der Waals surface area (Å²) in [5, 5.41) is 6.86. The first-order valence-electron chi connectivity index (χ1n) is 13.9. The van der Waals surface area contributed by atoms with Crippen molar-refractivity contribution in [1.29, 1.82) is 0 Å². The Morgan fingerprint density at radius 3 is 2.27 bits per heavy atom. The molecule has 1 fully saturated rings. The minimum absolute atomic E-state index is 0.0185. The van der Waals surface area contributed by atoms with Crippen LogP contribution in [0.4, 0.5) is 8.78 Å². The molecular weight excluding hydrogens is 594 g/mol. The number of carbonyl (C=O) groups is 2. The van der Waals surface area contributed by atoms with Crippen molar-refractivity contribution in [1.82, 2.24) is 10.5 Å². The van der Waals surface area contributed by atoms with E-state index in [1.165, 1.54) is 33.5 Å². The number of hydrogen-bond acceptors (Lipinski definition) is 10. The molecule has 1 N–H and O–H groups in total. The average molecular weight is 621 g/mol. The second-order valence-corrected chi connectivity index (χ2v) is 10.7. The highest BCUT2D eigenvalue weighted by Crippen LogP contribution is 2.55. The van der Waals surface area contributed by atoms with Gasteiger partial charge < -0.3 is 38.3 Å². The monoisotopic (exact) mass is 620 g/mol. The highest BCUT2D eigenvalue weighted by Gasteiger charge is 2.53. The standard InChI is InChI=1S/C32H26F2N2O9/c1-39-25-7-15(8-26(40-2)30(25)41-3)27-16-9-23-24(44-13-43-23)10-17(16)29(18-12-42-32(38)28(18)27)35-31(37)21-11-22(45-36-21)14-4-5-19(33)20(34)6-14/h4-11,18,27-29H,12-13H2,1-3H3,(H,35,37)/t18-,27+,28-,29+/m0/s1. The molecule has 0 bridgehead atoms. The first kappa shape index (κ1) is 28.4. The summed E-state index contributed by atoms with van der Waals surface area (Å²) in [7, 11) is 4.52. The van der Waals surface area contributed by atoms with E-state index in [0.29, 0.717) is 45.4 Å². The van der Waals surface area contributed by atoms with E-state index < -0.39 is 47.3 Å². The van der Waals surface area contributed by atoms with E-state index in [2.05, 4.69) is 10.5 Å². The lowest BCUT2D eigenvalue weighted by Gasteiger charge is -2.39.